The van der Waals surface area contributed by atoms with E-state index in [9.17, 15) is 0 Å². The summed E-state index contributed by atoms with van der Waals surface area (Å²) in [7, 11) is 0. The van der Waals surface area contributed by atoms with Gasteiger partial charge in [0.25, 0.3) is 0 Å². The van der Waals surface area contributed by atoms with E-state index in [-0.39, 0.29) is 0 Å². The average Bonchev–Trinajstić information content (AvgIpc) is 3.91. The highest BCUT2D eigenvalue weighted by Crippen LogP contribution is 2.44. The van der Waals surface area contributed by atoms with Gasteiger partial charge in [-0.3, -0.25) is 0 Å². The Kier molecular flexibility index (Phi) is 7.96. The number of nitrogens with zero attached hydrogens (tertiary/aromatic N) is 4. The minimum Gasteiger partial charge on any atom is -0.456 e. The Balaban J connectivity index is 1.01. The Bertz CT molecular complexity index is 3610. The van der Waals surface area contributed by atoms with Crippen LogP contribution in [-0.4, -0.2) is 19.9 Å². The number of benzene rings is 8. The molecule has 60 heavy (non-hydrogen) atoms. The first-order chi connectivity index (χ1) is 29.7. The molecule has 4 aromatic heterocycles. The molecule has 6 heteroatoms. The molecule has 4 heterocycles. The fraction of sp³-hybridized carbons (Fsp3) is 0. The first-order valence-corrected chi connectivity index (χ1v) is 20.8. The lowest BCUT2D eigenvalue weighted by Crippen LogP contribution is -2.00. The normalized spacial score (nSPS) is 11.7. The van der Waals surface area contributed by atoms with E-state index in [0.29, 0.717) is 17.5 Å². The second kappa shape index (κ2) is 13.9. The predicted molar refractivity (Wildman–Crippen MR) is 248 cm³/mol. The zero-order valence-corrected chi connectivity index (χ0v) is 32.9. The van der Waals surface area contributed by atoms with Crippen LogP contribution in [0.15, 0.2) is 199 Å². The summed E-state index contributed by atoms with van der Waals surface area (Å²) in [6, 6.07) is 67.5. The van der Waals surface area contributed by atoms with E-state index in [1.807, 2.05) is 60.7 Å². The number of fused-ring (bicyclic) bond motifs is 8. The molecule has 0 fully saturated rings. The lowest BCUT2D eigenvalue weighted by Gasteiger charge is -2.12. The molecular weight excluding hydrogens is 753 g/mol. The van der Waals surface area contributed by atoms with Crippen molar-refractivity contribution >= 4 is 64.4 Å². The van der Waals surface area contributed by atoms with E-state index >= 15 is 0 Å². The topological polar surface area (TPSA) is 64.7 Å². The maximum absolute atomic E-state index is 6.15. The Morgan fingerprint density at radius 1 is 0.333 bits per heavy atom. The highest BCUT2D eigenvalue weighted by molar-refractivity contribution is 7.26. The van der Waals surface area contributed by atoms with Gasteiger partial charge in [0.2, 0.25) is 0 Å². The van der Waals surface area contributed by atoms with Crippen LogP contribution in [0.5, 0.6) is 0 Å². The van der Waals surface area contributed by atoms with Gasteiger partial charge in [0.15, 0.2) is 17.5 Å². The Hall–Kier alpha value is -7.80. The molecule has 0 unspecified atom stereocenters. The third kappa shape index (κ3) is 5.84. The maximum atomic E-state index is 6.15. The molecule has 8 aromatic carbocycles. The van der Waals surface area contributed by atoms with Gasteiger partial charge in [0.1, 0.15) is 11.2 Å². The van der Waals surface area contributed by atoms with E-state index in [1.54, 1.807) is 11.3 Å². The number of rotatable bonds is 6. The van der Waals surface area contributed by atoms with Gasteiger partial charge in [0.05, 0.1) is 15.9 Å². The molecule has 280 valence electrons. The van der Waals surface area contributed by atoms with Crippen molar-refractivity contribution in [3.05, 3.63) is 194 Å². The van der Waals surface area contributed by atoms with Gasteiger partial charge in [0, 0.05) is 53.9 Å². The molecule has 0 aliphatic heterocycles. The van der Waals surface area contributed by atoms with Crippen molar-refractivity contribution in [2.45, 2.75) is 0 Å². The van der Waals surface area contributed by atoms with Crippen LogP contribution in [0, 0.1) is 0 Å². The van der Waals surface area contributed by atoms with Gasteiger partial charge in [-0.15, -0.1) is 11.3 Å². The highest BCUT2D eigenvalue weighted by Gasteiger charge is 2.19. The molecule has 0 radical (unpaired) electrons. The molecule has 0 amide bonds. The third-order valence-electron chi connectivity index (χ3n) is 11.3. The number of aromatic nitrogens is 4. The van der Waals surface area contributed by atoms with Crippen LogP contribution in [0.1, 0.15) is 0 Å². The Morgan fingerprint density at radius 2 is 0.867 bits per heavy atom. The van der Waals surface area contributed by atoms with Crippen molar-refractivity contribution in [2.24, 2.45) is 0 Å². The molecule has 5 nitrogen and oxygen atoms in total. The minimum atomic E-state index is 0.591. The van der Waals surface area contributed by atoms with Crippen molar-refractivity contribution in [3.8, 4) is 67.7 Å². The first kappa shape index (κ1) is 34.3. The standard InChI is InChI=1S/C54H32N4OS/c1-3-13-33(14-4-1)35-17-11-18-36(29-35)37-25-27-45-44(31-37)49-42-22-8-10-24-48(42)60-51(49)50(55-45)38-19-12-20-39(30-38)53-56-52(34-15-5-2-6-16-34)57-54(58-53)40-26-28-47-43(32-40)41-21-7-9-23-46(41)59-47/h1-32H. The van der Waals surface area contributed by atoms with Crippen molar-refractivity contribution < 1.29 is 4.42 Å². The van der Waals surface area contributed by atoms with Crippen molar-refractivity contribution in [3.63, 3.8) is 0 Å². The summed E-state index contributed by atoms with van der Waals surface area (Å²) in [5.41, 5.74) is 12.0. The molecule has 0 N–H and O–H groups in total. The summed E-state index contributed by atoms with van der Waals surface area (Å²) in [6.45, 7) is 0. The monoisotopic (exact) mass is 784 g/mol. The van der Waals surface area contributed by atoms with Crippen LogP contribution in [-0.2, 0) is 0 Å². The van der Waals surface area contributed by atoms with Crippen LogP contribution < -0.4 is 0 Å². The van der Waals surface area contributed by atoms with Gasteiger partial charge in [-0.25, -0.2) is 19.9 Å². The summed E-state index contributed by atoms with van der Waals surface area (Å²) in [6.07, 6.45) is 0. The summed E-state index contributed by atoms with van der Waals surface area (Å²) in [4.78, 5) is 20.7. The van der Waals surface area contributed by atoms with E-state index < -0.39 is 0 Å². The lowest BCUT2D eigenvalue weighted by atomic mass is 9.96. The van der Waals surface area contributed by atoms with Crippen LogP contribution in [0.2, 0.25) is 0 Å². The molecule has 0 bridgehead atoms. The number of furan rings is 1. The smallest absolute Gasteiger partial charge is 0.164 e. The molecule has 12 aromatic rings. The largest absolute Gasteiger partial charge is 0.456 e. The van der Waals surface area contributed by atoms with Gasteiger partial charge in [-0.05, 0) is 76.9 Å². The number of hydrogen-bond donors (Lipinski definition) is 0. The maximum Gasteiger partial charge on any atom is 0.164 e. The predicted octanol–water partition coefficient (Wildman–Crippen LogP) is 14.7. The fourth-order valence-corrected chi connectivity index (χ4v) is 9.62. The SMILES string of the molecule is c1ccc(-c2cccc(-c3ccc4nc(-c5cccc(-c6nc(-c7ccccc7)nc(-c7ccc8oc9ccccc9c8c7)n6)c5)c5sc6ccccc6c5c4c3)c2)cc1. The lowest BCUT2D eigenvalue weighted by molar-refractivity contribution is 0.669. The van der Waals surface area contributed by atoms with E-state index in [0.717, 1.165) is 71.1 Å². The van der Waals surface area contributed by atoms with Gasteiger partial charge < -0.3 is 4.42 Å². The average molecular weight is 785 g/mol. The minimum absolute atomic E-state index is 0.591. The number of pyridine rings is 1. The summed E-state index contributed by atoms with van der Waals surface area (Å²) in [5, 5.41) is 5.67. The molecule has 0 saturated heterocycles. The molecule has 0 atom stereocenters. The molecular formula is C54H32N4OS. The van der Waals surface area contributed by atoms with Gasteiger partial charge in [-0.1, -0.05) is 140 Å². The van der Waals surface area contributed by atoms with Crippen LogP contribution in [0.25, 0.3) is 121 Å². The number of hydrogen-bond acceptors (Lipinski definition) is 6. The zero-order chi connectivity index (χ0) is 39.6. The van der Waals surface area contributed by atoms with E-state index in [4.69, 9.17) is 24.4 Å². The summed E-state index contributed by atoms with van der Waals surface area (Å²) < 4.78 is 8.53. The van der Waals surface area contributed by atoms with Crippen LogP contribution >= 0.6 is 11.3 Å². The molecule has 0 spiro atoms. The highest BCUT2D eigenvalue weighted by atomic mass is 32.1. The Labute approximate surface area is 348 Å². The molecule has 12 rings (SSSR count). The van der Waals surface area contributed by atoms with Gasteiger partial charge in [-0.2, -0.15) is 0 Å². The van der Waals surface area contributed by atoms with E-state index in [2.05, 4.69) is 133 Å². The van der Waals surface area contributed by atoms with Crippen molar-refractivity contribution in [1.29, 1.82) is 0 Å². The molecule has 0 aliphatic carbocycles. The first-order valence-electron chi connectivity index (χ1n) is 20.0. The second-order valence-electron chi connectivity index (χ2n) is 15.0. The summed E-state index contributed by atoms with van der Waals surface area (Å²) >= 11 is 1.79. The quantitative estimate of drug-likeness (QED) is 0.168. The summed E-state index contributed by atoms with van der Waals surface area (Å²) in [5.74, 6) is 1.80. The number of para-hydroxylation sites is 1. The second-order valence-corrected chi connectivity index (χ2v) is 16.1. The Morgan fingerprint density at radius 3 is 1.67 bits per heavy atom. The van der Waals surface area contributed by atoms with Crippen LogP contribution in [0.3, 0.4) is 0 Å². The van der Waals surface area contributed by atoms with Gasteiger partial charge >= 0.3 is 0 Å². The van der Waals surface area contributed by atoms with Crippen molar-refractivity contribution in [1.82, 2.24) is 19.9 Å². The molecule has 0 saturated carbocycles. The van der Waals surface area contributed by atoms with E-state index in [1.165, 1.54) is 32.2 Å². The number of thiophene rings is 1. The zero-order valence-electron chi connectivity index (χ0n) is 32.1. The molecule has 0 aliphatic rings. The van der Waals surface area contributed by atoms with Crippen molar-refractivity contribution in [2.75, 3.05) is 0 Å². The fourth-order valence-electron chi connectivity index (χ4n) is 8.39. The third-order valence-corrected chi connectivity index (χ3v) is 12.5. The van der Waals surface area contributed by atoms with Crippen LogP contribution in [0.4, 0.5) is 0 Å².